The van der Waals surface area contributed by atoms with Crippen LogP contribution in [-0.4, -0.2) is 52.6 Å². The number of amides is 1. The molecule has 2 aliphatic rings. The van der Waals surface area contributed by atoms with E-state index >= 15 is 0 Å². The quantitative estimate of drug-likeness (QED) is 0.750. The number of rotatable bonds is 4. The molecule has 7 heteroatoms. The van der Waals surface area contributed by atoms with E-state index in [0.717, 1.165) is 55.3 Å². The van der Waals surface area contributed by atoms with Crippen LogP contribution in [0.4, 0.5) is 11.4 Å². The fourth-order valence-corrected chi connectivity index (χ4v) is 5.38. The Bertz CT molecular complexity index is 939. The van der Waals surface area contributed by atoms with Gasteiger partial charge >= 0.3 is 0 Å². The second kappa shape index (κ2) is 9.29. The first-order valence-corrected chi connectivity index (χ1v) is 11.5. The molecule has 1 amide bonds. The number of benzene rings is 2. The average molecular weight is 430 g/mol. The van der Waals surface area contributed by atoms with Gasteiger partial charge in [-0.05, 0) is 53.8 Å². The Hall–Kier alpha value is -2.22. The number of nitrogens with zero attached hydrogens (tertiary/aromatic N) is 3. The lowest BCUT2D eigenvalue weighted by Gasteiger charge is -2.35. The van der Waals surface area contributed by atoms with Crippen molar-refractivity contribution in [3.63, 3.8) is 0 Å². The summed E-state index contributed by atoms with van der Waals surface area (Å²) in [5.41, 5.74) is 4.69. The molecule has 1 fully saturated rings. The Balaban J connectivity index is 0.00000256. The molecule has 2 aromatic rings. The topological polar surface area (TPSA) is 75.4 Å². The molecule has 1 atom stereocenters. The van der Waals surface area contributed by atoms with Gasteiger partial charge in [-0.25, -0.2) is 8.51 Å². The third-order valence-electron chi connectivity index (χ3n) is 5.90. The van der Waals surface area contributed by atoms with E-state index in [0.29, 0.717) is 5.92 Å². The number of carbonyl (C=O) groups is 1. The molecule has 162 valence electrons. The van der Waals surface area contributed by atoms with Crippen molar-refractivity contribution in [3.05, 3.63) is 53.6 Å². The molecular weight excluding hydrogens is 398 g/mol. The fraction of sp³-hybridized carbons (Fsp3) is 0.435. The fourth-order valence-electron chi connectivity index (χ4n) is 4.16. The van der Waals surface area contributed by atoms with Gasteiger partial charge < -0.3 is 15.3 Å². The summed E-state index contributed by atoms with van der Waals surface area (Å²) in [5.74, 6) is 0.581. The van der Waals surface area contributed by atoms with Crippen LogP contribution in [0, 0.1) is 0 Å². The molecule has 2 heterocycles. The number of anilines is 2. The lowest BCUT2D eigenvalue weighted by Crippen LogP contribution is -2.47. The zero-order chi connectivity index (χ0) is 20.5. The Morgan fingerprint density at radius 1 is 1.00 bits per heavy atom. The van der Waals surface area contributed by atoms with Crippen LogP contribution >= 0.6 is 0 Å². The van der Waals surface area contributed by atoms with Gasteiger partial charge in [-0.15, -0.1) is 0 Å². The lowest BCUT2D eigenvalue weighted by atomic mass is 10.0. The van der Waals surface area contributed by atoms with Gasteiger partial charge in [0.05, 0.1) is 4.90 Å². The summed E-state index contributed by atoms with van der Waals surface area (Å²) < 4.78 is 15.2. The van der Waals surface area contributed by atoms with Crippen molar-refractivity contribution in [3.8, 4) is 0 Å². The normalized spacial score (nSPS) is 17.6. The van der Waals surface area contributed by atoms with Crippen molar-refractivity contribution >= 4 is 28.3 Å². The predicted octanol–water partition coefficient (Wildman–Crippen LogP) is 2.74. The first-order valence-electron chi connectivity index (χ1n) is 10.4. The molecule has 0 aromatic heterocycles. The standard InChI is InChI=1S/C23H29N3O2S.H2O/c1-17(2)19-5-4-6-21(15-19)24-11-13-25(14-12-24)29(28)22-7-8-23-20(16-22)9-10-26(23)18(3)27;/h4-8,15-17H,9-14H2,1-3H3;1H2. The Kier molecular flexibility index (Phi) is 6.95. The van der Waals surface area contributed by atoms with E-state index in [1.54, 1.807) is 11.8 Å². The molecular formula is C23H31N3O3S. The van der Waals surface area contributed by atoms with E-state index in [-0.39, 0.29) is 11.4 Å². The first-order chi connectivity index (χ1) is 13.9. The Morgan fingerprint density at radius 2 is 1.73 bits per heavy atom. The van der Waals surface area contributed by atoms with Gasteiger partial charge in [0.15, 0.2) is 0 Å². The third kappa shape index (κ3) is 4.43. The van der Waals surface area contributed by atoms with Gasteiger partial charge in [0.1, 0.15) is 11.0 Å². The SMILES string of the molecule is CC(=O)N1CCc2cc(S(=O)N3CCN(c4cccc(C(C)C)c4)CC3)ccc21.O. The smallest absolute Gasteiger partial charge is 0.223 e. The number of carbonyl (C=O) groups excluding carboxylic acids is 1. The van der Waals surface area contributed by atoms with Crippen molar-refractivity contribution in [2.24, 2.45) is 0 Å². The highest BCUT2D eigenvalue weighted by Crippen LogP contribution is 2.31. The van der Waals surface area contributed by atoms with E-state index in [9.17, 15) is 9.00 Å². The number of fused-ring (bicyclic) bond motifs is 1. The molecule has 1 saturated heterocycles. The number of hydrogen-bond acceptors (Lipinski definition) is 3. The molecule has 4 rings (SSSR count). The molecule has 0 spiro atoms. The van der Waals surface area contributed by atoms with Crippen LogP contribution in [0.5, 0.6) is 0 Å². The van der Waals surface area contributed by atoms with E-state index in [4.69, 9.17) is 0 Å². The summed E-state index contributed by atoms with van der Waals surface area (Å²) in [4.78, 5) is 16.8. The van der Waals surface area contributed by atoms with Gasteiger partial charge in [-0.2, -0.15) is 0 Å². The highest BCUT2D eigenvalue weighted by Gasteiger charge is 2.26. The molecule has 0 saturated carbocycles. The summed E-state index contributed by atoms with van der Waals surface area (Å²) in [6.07, 6.45) is 0.833. The first kappa shape index (κ1) is 22.5. The van der Waals surface area contributed by atoms with Crippen LogP contribution in [0.1, 0.15) is 37.8 Å². The number of piperazine rings is 1. The van der Waals surface area contributed by atoms with Crippen molar-refractivity contribution in [1.82, 2.24) is 4.31 Å². The monoisotopic (exact) mass is 429 g/mol. The van der Waals surface area contributed by atoms with Gasteiger partial charge in [0.25, 0.3) is 0 Å². The molecule has 2 aliphatic heterocycles. The zero-order valence-corrected chi connectivity index (χ0v) is 18.7. The van der Waals surface area contributed by atoms with Crippen LogP contribution in [0.3, 0.4) is 0 Å². The molecule has 6 nitrogen and oxygen atoms in total. The zero-order valence-electron chi connectivity index (χ0n) is 17.9. The summed E-state index contributed by atoms with van der Waals surface area (Å²) in [5, 5.41) is 0. The van der Waals surface area contributed by atoms with Crippen molar-refractivity contribution in [1.29, 1.82) is 0 Å². The maximum absolute atomic E-state index is 13.1. The van der Waals surface area contributed by atoms with Crippen molar-refractivity contribution < 1.29 is 14.5 Å². The van der Waals surface area contributed by atoms with Gasteiger partial charge in [0.2, 0.25) is 5.91 Å². The van der Waals surface area contributed by atoms with E-state index < -0.39 is 11.0 Å². The van der Waals surface area contributed by atoms with Crippen molar-refractivity contribution in [2.75, 3.05) is 42.5 Å². The minimum absolute atomic E-state index is 0. The van der Waals surface area contributed by atoms with E-state index in [2.05, 4.69) is 47.3 Å². The summed E-state index contributed by atoms with van der Waals surface area (Å²) in [6.45, 7) is 10.0. The Morgan fingerprint density at radius 3 is 2.40 bits per heavy atom. The van der Waals surface area contributed by atoms with Gasteiger partial charge in [0, 0.05) is 51.0 Å². The molecule has 0 bridgehead atoms. The highest BCUT2D eigenvalue weighted by molar-refractivity contribution is 7.82. The maximum Gasteiger partial charge on any atom is 0.223 e. The maximum atomic E-state index is 13.1. The lowest BCUT2D eigenvalue weighted by molar-refractivity contribution is -0.116. The molecule has 2 N–H and O–H groups in total. The predicted molar refractivity (Wildman–Crippen MR) is 123 cm³/mol. The summed E-state index contributed by atoms with van der Waals surface area (Å²) >= 11 is 0. The average Bonchev–Trinajstić information content (AvgIpc) is 3.17. The van der Waals surface area contributed by atoms with Crippen LogP contribution in [0.2, 0.25) is 0 Å². The minimum atomic E-state index is -1.16. The van der Waals surface area contributed by atoms with Crippen molar-refractivity contribution in [2.45, 2.75) is 38.0 Å². The van der Waals surface area contributed by atoms with Crippen LogP contribution in [-0.2, 0) is 22.2 Å². The second-order valence-corrected chi connectivity index (χ2v) is 9.61. The molecule has 1 unspecified atom stereocenters. The van der Waals surface area contributed by atoms with Crippen LogP contribution < -0.4 is 9.80 Å². The summed E-state index contributed by atoms with van der Waals surface area (Å²) in [7, 11) is -1.16. The number of hydrogen-bond donors (Lipinski definition) is 0. The molecule has 2 aromatic carbocycles. The largest absolute Gasteiger partial charge is 0.412 e. The molecule has 0 aliphatic carbocycles. The highest BCUT2D eigenvalue weighted by atomic mass is 32.2. The van der Waals surface area contributed by atoms with Gasteiger partial charge in [-0.1, -0.05) is 26.0 Å². The van der Waals surface area contributed by atoms with Gasteiger partial charge in [-0.3, -0.25) is 4.79 Å². The van der Waals surface area contributed by atoms with E-state index in [1.807, 2.05) is 18.2 Å². The summed E-state index contributed by atoms with van der Waals surface area (Å²) in [6, 6.07) is 14.6. The van der Waals surface area contributed by atoms with Crippen LogP contribution in [0.15, 0.2) is 47.4 Å². The Labute approximate surface area is 181 Å². The molecule has 0 radical (unpaired) electrons. The second-order valence-electron chi connectivity index (χ2n) is 8.13. The molecule has 30 heavy (non-hydrogen) atoms. The van der Waals surface area contributed by atoms with Crippen LogP contribution in [0.25, 0.3) is 0 Å². The van der Waals surface area contributed by atoms with E-state index in [1.165, 1.54) is 11.3 Å². The third-order valence-corrected chi connectivity index (χ3v) is 7.39. The minimum Gasteiger partial charge on any atom is -0.412 e.